The number of ether oxygens (including phenoxy) is 1. The van der Waals surface area contributed by atoms with E-state index >= 15 is 0 Å². The highest BCUT2D eigenvalue weighted by molar-refractivity contribution is 5.84. The van der Waals surface area contributed by atoms with Crippen LogP contribution in [0.5, 0.6) is 0 Å². The van der Waals surface area contributed by atoms with Crippen LogP contribution in [0.25, 0.3) is 11.2 Å². The lowest BCUT2D eigenvalue weighted by atomic mass is 9.98. The zero-order valence-electron chi connectivity index (χ0n) is 14.4. The number of rotatable bonds is 4. The van der Waals surface area contributed by atoms with Crippen LogP contribution in [0.3, 0.4) is 0 Å². The van der Waals surface area contributed by atoms with Gasteiger partial charge in [0.25, 0.3) is 0 Å². The molecule has 4 heterocycles. The van der Waals surface area contributed by atoms with Gasteiger partial charge in [-0.3, -0.25) is 4.79 Å². The van der Waals surface area contributed by atoms with Crippen molar-refractivity contribution in [2.45, 2.75) is 32.6 Å². The smallest absolute Gasteiger partial charge is 0.310 e. The molecule has 4 rings (SSSR count). The molecule has 0 aromatic carbocycles. The van der Waals surface area contributed by atoms with Crippen LogP contribution >= 0.6 is 0 Å². The highest BCUT2D eigenvalue weighted by Crippen LogP contribution is 2.28. The van der Waals surface area contributed by atoms with Crippen molar-refractivity contribution >= 4 is 28.9 Å². The quantitative estimate of drug-likeness (QED) is 0.823. The molecule has 0 amide bonds. The van der Waals surface area contributed by atoms with Crippen LogP contribution < -0.4 is 9.80 Å². The number of piperidine rings is 1. The standard InChI is InChI=1S/C16H23N7O2/c1-2-25-15(24)11-6-5-9-23(10-11)16-17-13-12(19-21-20-13)14(18-16)22-7-3-4-8-22/h11H,2-10H2,1H3,(H,17,18,19,20,21)/t11-/m0/s1. The van der Waals surface area contributed by atoms with Crippen LogP contribution in [0, 0.1) is 5.92 Å². The Morgan fingerprint density at radius 3 is 2.76 bits per heavy atom. The van der Waals surface area contributed by atoms with Crippen LogP contribution in [0.4, 0.5) is 11.8 Å². The summed E-state index contributed by atoms with van der Waals surface area (Å²) in [5, 5.41) is 11.0. The number of aromatic nitrogens is 5. The van der Waals surface area contributed by atoms with Crippen LogP contribution in [-0.2, 0) is 9.53 Å². The molecule has 0 bridgehead atoms. The van der Waals surface area contributed by atoms with Crippen molar-refractivity contribution in [3.63, 3.8) is 0 Å². The van der Waals surface area contributed by atoms with Crippen LogP contribution in [-0.4, -0.2) is 64.1 Å². The van der Waals surface area contributed by atoms with Crippen LogP contribution in [0.1, 0.15) is 32.6 Å². The maximum absolute atomic E-state index is 12.1. The van der Waals surface area contributed by atoms with Gasteiger partial charge in [-0.2, -0.15) is 20.3 Å². The van der Waals surface area contributed by atoms with E-state index in [2.05, 4.69) is 30.2 Å². The van der Waals surface area contributed by atoms with E-state index < -0.39 is 0 Å². The summed E-state index contributed by atoms with van der Waals surface area (Å²) in [7, 11) is 0. The van der Waals surface area contributed by atoms with Gasteiger partial charge in [-0.15, -0.1) is 5.10 Å². The SMILES string of the molecule is CCOC(=O)[C@H]1CCCN(c2nc(N3CCCC3)c3n[nH]nc3n2)C1. The Balaban J connectivity index is 1.63. The average molecular weight is 345 g/mol. The molecule has 0 spiro atoms. The molecule has 0 unspecified atom stereocenters. The molecule has 2 aliphatic heterocycles. The Labute approximate surface area is 145 Å². The molecule has 2 fully saturated rings. The maximum Gasteiger partial charge on any atom is 0.310 e. The molecule has 9 heteroatoms. The van der Waals surface area contributed by atoms with Crippen molar-refractivity contribution in [1.29, 1.82) is 0 Å². The molecule has 1 N–H and O–H groups in total. The predicted octanol–water partition coefficient (Wildman–Crippen LogP) is 1.13. The Bertz CT molecular complexity index is 756. The highest BCUT2D eigenvalue weighted by atomic mass is 16.5. The number of hydrogen-bond acceptors (Lipinski definition) is 8. The van der Waals surface area contributed by atoms with Crippen LogP contribution in [0.2, 0.25) is 0 Å². The fraction of sp³-hybridized carbons (Fsp3) is 0.688. The fourth-order valence-corrected chi connectivity index (χ4v) is 3.62. The van der Waals surface area contributed by atoms with Crippen molar-refractivity contribution in [2.75, 3.05) is 42.6 Å². The normalized spacial score (nSPS) is 21.1. The minimum atomic E-state index is -0.130. The Kier molecular flexibility index (Phi) is 4.37. The summed E-state index contributed by atoms with van der Waals surface area (Å²) in [6.45, 7) is 5.62. The molecule has 2 aliphatic rings. The number of carbonyl (C=O) groups excluding carboxylic acids is 1. The number of esters is 1. The van der Waals surface area contributed by atoms with E-state index in [-0.39, 0.29) is 11.9 Å². The number of nitrogens with one attached hydrogen (secondary N) is 1. The molecule has 0 radical (unpaired) electrons. The summed E-state index contributed by atoms with van der Waals surface area (Å²) in [5.41, 5.74) is 1.29. The monoisotopic (exact) mass is 345 g/mol. The van der Waals surface area contributed by atoms with Crippen molar-refractivity contribution in [1.82, 2.24) is 25.4 Å². The number of fused-ring (bicyclic) bond motifs is 1. The molecular weight excluding hydrogens is 322 g/mol. The fourth-order valence-electron chi connectivity index (χ4n) is 3.62. The average Bonchev–Trinajstić information content (AvgIpc) is 3.33. The van der Waals surface area contributed by atoms with Crippen molar-refractivity contribution in [3.05, 3.63) is 0 Å². The first-order valence-electron chi connectivity index (χ1n) is 9.01. The first-order valence-corrected chi connectivity index (χ1v) is 9.01. The van der Waals surface area contributed by atoms with E-state index in [1.165, 1.54) is 0 Å². The van der Waals surface area contributed by atoms with Gasteiger partial charge >= 0.3 is 5.97 Å². The second-order valence-electron chi connectivity index (χ2n) is 6.57. The summed E-state index contributed by atoms with van der Waals surface area (Å²) >= 11 is 0. The van der Waals surface area contributed by atoms with Gasteiger partial charge < -0.3 is 14.5 Å². The van der Waals surface area contributed by atoms with Crippen molar-refractivity contribution < 1.29 is 9.53 Å². The minimum absolute atomic E-state index is 0.124. The second-order valence-corrected chi connectivity index (χ2v) is 6.57. The summed E-state index contributed by atoms with van der Waals surface area (Å²) in [4.78, 5) is 25.8. The van der Waals surface area contributed by atoms with Gasteiger partial charge in [0.2, 0.25) is 11.6 Å². The molecule has 2 aromatic rings. The number of nitrogens with zero attached hydrogens (tertiary/aromatic N) is 6. The molecule has 0 aliphatic carbocycles. The molecule has 25 heavy (non-hydrogen) atoms. The molecule has 134 valence electrons. The zero-order chi connectivity index (χ0) is 17.2. The second kappa shape index (κ2) is 6.81. The Hall–Kier alpha value is -2.45. The molecule has 2 aromatic heterocycles. The van der Waals surface area contributed by atoms with Gasteiger partial charge in [-0.25, -0.2) is 0 Å². The number of H-pyrrole nitrogens is 1. The maximum atomic E-state index is 12.1. The minimum Gasteiger partial charge on any atom is -0.466 e. The van der Waals surface area contributed by atoms with Gasteiger partial charge in [-0.05, 0) is 32.6 Å². The third-order valence-electron chi connectivity index (χ3n) is 4.88. The van der Waals surface area contributed by atoms with Gasteiger partial charge in [0.15, 0.2) is 11.3 Å². The first-order chi connectivity index (χ1) is 12.3. The Morgan fingerprint density at radius 2 is 1.96 bits per heavy atom. The Morgan fingerprint density at radius 1 is 1.16 bits per heavy atom. The number of anilines is 2. The first kappa shape index (κ1) is 16.0. The summed E-state index contributed by atoms with van der Waals surface area (Å²) < 4.78 is 5.19. The lowest BCUT2D eigenvalue weighted by molar-refractivity contribution is -0.148. The molecule has 2 saturated heterocycles. The lowest BCUT2D eigenvalue weighted by Gasteiger charge is -2.32. The predicted molar refractivity (Wildman–Crippen MR) is 92.5 cm³/mol. The third-order valence-corrected chi connectivity index (χ3v) is 4.88. The van der Waals surface area contributed by atoms with E-state index in [0.717, 1.165) is 51.1 Å². The largest absolute Gasteiger partial charge is 0.466 e. The molecule has 9 nitrogen and oxygen atoms in total. The third kappa shape index (κ3) is 3.10. The van der Waals surface area contributed by atoms with E-state index in [9.17, 15) is 4.79 Å². The van der Waals surface area contributed by atoms with Crippen molar-refractivity contribution in [2.24, 2.45) is 5.92 Å². The number of aromatic amines is 1. The van der Waals surface area contributed by atoms with E-state index in [1.54, 1.807) is 0 Å². The lowest BCUT2D eigenvalue weighted by Crippen LogP contribution is -2.40. The summed E-state index contributed by atoms with van der Waals surface area (Å²) in [6.07, 6.45) is 4.09. The summed E-state index contributed by atoms with van der Waals surface area (Å²) in [5.74, 6) is 1.21. The zero-order valence-corrected chi connectivity index (χ0v) is 14.4. The molecular formula is C16H23N7O2. The van der Waals surface area contributed by atoms with Crippen molar-refractivity contribution in [3.8, 4) is 0 Å². The van der Waals surface area contributed by atoms with E-state index in [1.807, 2.05) is 6.92 Å². The van der Waals surface area contributed by atoms with Gasteiger partial charge in [0.05, 0.1) is 12.5 Å². The topological polar surface area (TPSA) is 100 Å². The number of hydrogen-bond donors (Lipinski definition) is 1. The van der Waals surface area contributed by atoms with E-state index in [4.69, 9.17) is 9.72 Å². The van der Waals surface area contributed by atoms with Crippen LogP contribution in [0.15, 0.2) is 0 Å². The van der Waals surface area contributed by atoms with E-state index in [0.29, 0.717) is 30.3 Å². The van der Waals surface area contributed by atoms with Gasteiger partial charge in [-0.1, -0.05) is 0 Å². The molecule has 0 saturated carbocycles. The highest BCUT2D eigenvalue weighted by Gasteiger charge is 2.29. The molecule has 1 atom stereocenters. The van der Waals surface area contributed by atoms with Gasteiger partial charge in [0.1, 0.15) is 0 Å². The number of carbonyl (C=O) groups is 1. The van der Waals surface area contributed by atoms with Gasteiger partial charge in [0, 0.05) is 26.2 Å². The summed E-state index contributed by atoms with van der Waals surface area (Å²) in [6, 6.07) is 0.